The number of ether oxygens (including phenoxy) is 3. The van der Waals surface area contributed by atoms with E-state index in [0.29, 0.717) is 17.1 Å². The maximum Gasteiger partial charge on any atom is 0.349 e. The molecule has 0 unspecified atom stereocenters. The maximum atomic E-state index is 12.7. The highest BCUT2D eigenvalue weighted by molar-refractivity contribution is 5.92. The number of nitrogens with zero attached hydrogens (tertiary/aromatic N) is 3. The van der Waals surface area contributed by atoms with Gasteiger partial charge in [0, 0.05) is 18.0 Å². The molecule has 3 aromatic rings. The second-order valence-corrected chi connectivity index (χ2v) is 6.26. The van der Waals surface area contributed by atoms with E-state index >= 15 is 0 Å². The number of rotatable bonds is 6. The van der Waals surface area contributed by atoms with Crippen molar-refractivity contribution in [2.24, 2.45) is 0 Å². The minimum absolute atomic E-state index is 0.0270. The van der Waals surface area contributed by atoms with Gasteiger partial charge in [0.25, 0.3) is 5.56 Å². The number of pyridine rings is 1. The number of esters is 1. The Morgan fingerprint density at radius 2 is 1.83 bits per heavy atom. The standard InChI is InChI=1S/C21H21N3O6/c1-5-30-21(27)16-19(25)23-18(13-9-12(2)10-22-11-13)24(20(16)26)17-14(28-3)7-6-8-15(17)29-4/h6-11,26H,5H2,1-4H3. The zero-order chi connectivity index (χ0) is 21.8. The Hall–Kier alpha value is -3.88. The van der Waals surface area contributed by atoms with E-state index in [1.165, 1.54) is 25.0 Å². The summed E-state index contributed by atoms with van der Waals surface area (Å²) in [6.07, 6.45) is 3.14. The van der Waals surface area contributed by atoms with Gasteiger partial charge in [-0.1, -0.05) is 6.07 Å². The fourth-order valence-corrected chi connectivity index (χ4v) is 3.03. The molecule has 0 atom stereocenters. The van der Waals surface area contributed by atoms with Crippen LogP contribution in [-0.4, -0.2) is 46.4 Å². The highest BCUT2D eigenvalue weighted by Crippen LogP contribution is 2.38. The maximum absolute atomic E-state index is 12.7. The molecule has 0 spiro atoms. The van der Waals surface area contributed by atoms with Gasteiger partial charge in [0.15, 0.2) is 11.4 Å². The number of para-hydroxylation sites is 1. The third-order valence-corrected chi connectivity index (χ3v) is 4.31. The number of hydrogen-bond donors (Lipinski definition) is 1. The average Bonchev–Trinajstić information content (AvgIpc) is 2.73. The van der Waals surface area contributed by atoms with Crippen LogP contribution in [-0.2, 0) is 4.74 Å². The van der Waals surface area contributed by atoms with Crippen LogP contribution in [0.3, 0.4) is 0 Å². The van der Waals surface area contributed by atoms with Crippen molar-refractivity contribution in [3.8, 4) is 34.5 Å². The molecule has 0 amide bonds. The predicted octanol–water partition coefficient (Wildman–Crippen LogP) is 2.50. The quantitative estimate of drug-likeness (QED) is 0.616. The number of methoxy groups -OCH3 is 2. The van der Waals surface area contributed by atoms with Crippen LogP contribution in [0.2, 0.25) is 0 Å². The van der Waals surface area contributed by atoms with Crippen molar-refractivity contribution in [2.45, 2.75) is 13.8 Å². The SMILES string of the molecule is CCOC(=O)c1c(O)n(-c2c(OC)cccc2OC)c(-c2cncc(C)c2)nc1=O. The fraction of sp³-hybridized carbons (Fsp3) is 0.238. The van der Waals surface area contributed by atoms with Crippen LogP contribution >= 0.6 is 0 Å². The van der Waals surface area contributed by atoms with E-state index in [4.69, 9.17) is 14.2 Å². The third kappa shape index (κ3) is 3.69. The van der Waals surface area contributed by atoms with E-state index in [1.54, 1.807) is 37.4 Å². The molecule has 0 fully saturated rings. The summed E-state index contributed by atoms with van der Waals surface area (Å²) in [5.41, 5.74) is 0.0105. The van der Waals surface area contributed by atoms with Gasteiger partial charge in [0.1, 0.15) is 17.2 Å². The topological polar surface area (TPSA) is 113 Å². The number of hydrogen-bond acceptors (Lipinski definition) is 8. The third-order valence-electron chi connectivity index (χ3n) is 4.31. The van der Waals surface area contributed by atoms with Crippen molar-refractivity contribution >= 4 is 5.97 Å². The Morgan fingerprint density at radius 1 is 1.17 bits per heavy atom. The monoisotopic (exact) mass is 411 g/mol. The molecule has 0 aliphatic heterocycles. The van der Waals surface area contributed by atoms with Crippen LogP contribution in [0.5, 0.6) is 17.4 Å². The summed E-state index contributed by atoms with van der Waals surface area (Å²) in [6.45, 7) is 3.45. The van der Waals surface area contributed by atoms with Crippen molar-refractivity contribution in [3.05, 3.63) is 58.1 Å². The van der Waals surface area contributed by atoms with Gasteiger partial charge < -0.3 is 19.3 Å². The fourth-order valence-electron chi connectivity index (χ4n) is 3.03. The molecule has 0 radical (unpaired) electrons. The molecule has 0 aliphatic carbocycles. The Bertz CT molecular complexity index is 1130. The highest BCUT2D eigenvalue weighted by atomic mass is 16.5. The summed E-state index contributed by atoms with van der Waals surface area (Å²) < 4.78 is 17.0. The van der Waals surface area contributed by atoms with E-state index in [1.807, 2.05) is 6.92 Å². The van der Waals surface area contributed by atoms with E-state index in [0.717, 1.165) is 5.56 Å². The zero-order valence-electron chi connectivity index (χ0n) is 17.0. The lowest BCUT2D eigenvalue weighted by molar-refractivity contribution is 0.0519. The Morgan fingerprint density at radius 3 is 2.40 bits per heavy atom. The molecule has 9 heteroatoms. The second-order valence-electron chi connectivity index (χ2n) is 6.26. The van der Waals surface area contributed by atoms with Gasteiger partial charge >= 0.3 is 5.97 Å². The van der Waals surface area contributed by atoms with Gasteiger partial charge in [-0.2, -0.15) is 4.98 Å². The summed E-state index contributed by atoms with van der Waals surface area (Å²) in [6, 6.07) is 6.75. The smallest absolute Gasteiger partial charge is 0.349 e. The van der Waals surface area contributed by atoms with E-state index in [2.05, 4.69) is 9.97 Å². The molecule has 0 aliphatic rings. The first-order valence-electron chi connectivity index (χ1n) is 9.09. The first-order chi connectivity index (χ1) is 14.4. The van der Waals surface area contributed by atoms with Crippen molar-refractivity contribution in [1.29, 1.82) is 0 Å². The first kappa shape index (κ1) is 20.8. The summed E-state index contributed by atoms with van der Waals surface area (Å²) in [4.78, 5) is 33.2. The van der Waals surface area contributed by atoms with Crippen LogP contribution in [0, 0.1) is 6.92 Å². The van der Waals surface area contributed by atoms with Crippen molar-refractivity contribution in [3.63, 3.8) is 0 Å². The molecule has 156 valence electrons. The molecule has 0 saturated heterocycles. The van der Waals surface area contributed by atoms with Crippen LogP contribution in [0.15, 0.2) is 41.5 Å². The molecule has 30 heavy (non-hydrogen) atoms. The summed E-state index contributed by atoms with van der Waals surface area (Å²) >= 11 is 0. The first-order valence-corrected chi connectivity index (χ1v) is 9.09. The highest BCUT2D eigenvalue weighted by Gasteiger charge is 2.28. The molecule has 0 saturated carbocycles. The molecule has 2 aromatic heterocycles. The molecule has 0 bridgehead atoms. The van der Waals surface area contributed by atoms with Crippen LogP contribution in [0.4, 0.5) is 0 Å². The number of benzene rings is 1. The van der Waals surface area contributed by atoms with Gasteiger partial charge in [0.05, 0.1) is 20.8 Å². The molecule has 2 heterocycles. The molecule has 1 aromatic carbocycles. The van der Waals surface area contributed by atoms with E-state index < -0.39 is 23.0 Å². The van der Waals surface area contributed by atoms with Gasteiger partial charge in [0.2, 0.25) is 5.88 Å². The van der Waals surface area contributed by atoms with Gasteiger partial charge in [-0.25, -0.2) is 4.79 Å². The number of aromatic nitrogens is 3. The Kier molecular flexibility index (Phi) is 6.01. The molecule has 1 N–H and O–H groups in total. The van der Waals surface area contributed by atoms with Gasteiger partial charge in [-0.05, 0) is 37.6 Å². The van der Waals surface area contributed by atoms with Crippen molar-refractivity contribution < 1.29 is 24.1 Å². The number of aryl methyl sites for hydroxylation is 1. The van der Waals surface area contributed by atoms with Crippen molar-refractivity contribution in [2.75, 3.05) is 20.8 Å². The number of carbonyl (C=O) groups excluding carboxylic acids is 1. The molecular formula is C21H21N3O6. The summed E-state index contributed by atoms with van der Waals surface area (Å²) in [5.74, 6) is -0.917. The largest absolute Gasteiger partial charge is 0.494 e. The minimum atomic E-state index is -0.982. The lowest BCUT2D eigenvalue weighted by atomic mass is 10.1. The molecular weight excluding hydrogens is 390 g/mol. The van der Waals surface area contributed by atoms with Crippen LogP contribution in [0.1, 0.15) is 22.8 Å². The van der Waals surface area contributed by atoms with Gasteiger partial charge in [-0.3, -0.25) is 14.3 Å². The summed E-state index contributed by atoms with van der Waals surface area (Å²) in [7, 11) is 2.90. The van der Waals surface area contributed by atoms with Crippen LogP contribution < -0.4 is 15.0 Å². The minimum Gasteiger partial charge on any atom is -0.494 e. The normalized spacial score (nSPS) is 10.5. The zero-order valence-corrected chi connectivity index (χ0v) is 17.0. The number of carbonyl (C=O) groups is 1. The van der Waals surface area contributed by atoms with Gasteiger partial charge in [-0.15, -0.1) is 0 Å². The molecule has 9 nitrogen and oxygen atoms in total. The van der Waals surface area contributed by atoms with E-state index in [-0.39, 0.29) is 18.1 Å². The van der Waals surface area contributed by atoms with Crippen molar-refractivity contribution in [1.82, 2.24) is 14.5 Å². The van der Waals surface area contributed by atoms with E-state index in [9.17, 15) is 14.7 Å². The Balaban J connectivity index is 2.47. The summed E-state index contributed by atoms with van der Waals surface area (Å²) in [5, 5.41) is 11.1. The number of aromatic hydroxyl groups is 1. The lowest BCUT2D eigenvalue weighted by Crippen LogP contribution is -2.25. The predicted molar refractivity (Wildman–Crippen MR) is 109 cm³/mol. The Labute approximate surface area is 172 Å². The van der Waals surface area contributed by atoms with Crippen LogP contribution in [0.25, 0.3) is 17.1 Å². The average molecular weight is 411 g/mol. The second kappa shape index (κ2) is 8.64. The lowest BCUT2D eigenvalue weighted by Gasteiger charge is -2.20. The molecule has 3 rings (SSSR count).